The first-order valence-electron chi connectivity index (χ1n) is 13.6. The molecule has 8 nitrogen and oxygen atoms in total. The lowest BCUT2D eigenvalue weighted by Gasteiger charge is -2.61. The van der Waals surface area contributed by atoms with Crippen molar-refractivity contribution in [3.05, 3.63) is 53.6 Å². The van der Waals surface area contributed by atoms with Crippen molar-refractivity contribution < 1.29 is 38.5 Å². The first kappa shape index (κ1) is 27.4. The van der Waals surface area contributed by atoms with Gasteiger partial charge in [0.25, 0.3) is 5.24 Å². The highest BCUT2D eigenvalue weighted by molar-refractivity contribution is 8.15. The number of amides is 2. The number of nitrogens with one attached hydrogen (secondary N) is 1. The molecule has 212 valence electrons. The topological polar surface area (TPSA) is 130 Å². The number of ether oxygens (including phenoxy) is 1. The number of allylic oxidation sites excluding steroid dienone is 4. The Labute approximate surface area is 235 Å². The predicted octanol–water partition coefficient (Wildman–Crippen LogP) is 3.59. The van der Waals surface area contributed by atoms with Crippen LogP contribution in [0.5, 0.6) is 5.75 Å². The summed E-state index contributed by atoms with van der Waals surface area (Å²) in [5.41, 5.74) is -4.25. The van der Waals surface area contributed by atoms with E-state index in [4.69, 9.17) is 4.74 Å². The Morgan fingerprint density at radius 3 is 2.55 bits per heavy atom. The Hall–Kier alpha value is -2.82. The molecule has 4 aliphatic carbocycles. The SMILES string of the molecule is C[C@]12C[C@H](O)[C@@]3(F)C(CCC4=CC(=O)C=C[C@@]43C)C1C[C@](O)(C(=O)Oc1ccc(CC3SC(=O)NC3=O)cc1)C2. The minimum absolute atomic E-state index is 0.0172. The van der Waals surface area contributed by atoms with Gasteiger partial charge in [0.05, 0.1) is 11.4 Å². The van der Waals surface area contributed by atoms with Gasteiger partial charge < -0.3 is 14.9 Å². The lowest BCUT2D eigenvalue weighted by molar-refractivity contribution is -0.188. The van der Waals surface area contributed by atoms with Crippen molar-refractivity contribution in [2.75, 3.05) is 0 Å². The number of hydrogen-bond acceptors (Lipinski definition) is 8. The Kier molecular flexibility index (Phi) is 6.22. The maximum absolute atomic E-state index is 17.2. The molecule has 4 fully saturated rings. The average molecular weight is 570 g/mol. The van der Waals surface area contributed by atoms with Gasteiger partial charge in [-0.1, -0.05) is 42.5 Å². The zero-order valence-electron chi connectivity index (χ0n) is 22.3. The number of carbonyl (C=O) groups is 4. The molecule has 1 heterocycles. The molecule has 1 saturated heterocycles. The van der Waals surface area contributed by atoms with E-state index in [-0.39, 0.29) is 47.9 Å². The van der Waals surface area contributed by atoms with Crippen LogP contribution in [0, 0.1) is 22.7 Å². The standard InChI is InChI=1S/C30H32FNO7S/c1-27-14-23(34)30(31)20(8-5-17-12-18(33)9-10-28(17,30)2)21(27)13-29(38,15-27)25(36)39-19-6-3-16(4-7-19)11-22-24(35)32-26(37)40-22/h3-4,6-7,9-10,12,20-23,34,38H,5,8,11,13-15H2,1-2H3,(H,32,35,37)/t20?,21?,22?,23-,27+,28-,29+,30-/m0/s1. The zero-order valence-corrected chi connectivity index (χ0v) is 23.1. The second kappa shape index (κ2) is 9.09. The van der Waals surface area contributed by atoms with Crippen LogP contribution in [0.15, 0.2) is 48.1 Å². The van der Waals surface area contributed by atoms with Gasteiger partial charge in [-0.25, -0.2) is 9.18 Å². The normalized spacial score (nSPS) is 42.0. The van der Waals surface area contributed by atoms with Crippen LogP contribution in [0.4, 0.5) is 9.18 Å². The number of benzene rings is 1. The molecule has 2 amide bonds. The molecule has 1 aromatic rings. The molecule has 0 radical (unpaired) electrons. The summed E-state index contributed by atoms with van der Waals surface area (Å²) in [4.78, 5) is 48.6. The Morgan fingerprint density at radius 2 is 1.88 bits per heavy atom. The number of hydrogen-bond donors (Lipinski definition) is 3. The molecule has 1 aliphatic heterocycles. The van der Waals surface area contributed by atoms with Crippen molar-refractivity contribution in [2.24, 2.45) is 22.7 Å². The lowest BCUT2D eigenvalue weighted by Crippen LogP contribution is -2.66. The second-order valence-corrected chi connectivity index (χ2v) is 13.7. The molecule has 3 unspecified atom stereocenters. The van der Waals surface area contributed by atoms with Crippen LogP contribution in [0.25, 0.3) is 0 Å². The van der Waals surface area contributed by atoms with Crippen molar-refractivity contribution in [1.29, 1.82) is 0 Å². The number of imide groups is 1. The number of esters is 1. The van der Waals surface area contributed by atoms with Crippen LogP contribution in [-0.4, -0.2) is 55.7 Å². The van der Waals surface area contributed by atoms with E-state index >= 15 is 4.39 Å². The highest BCUT2D eigenvalue weighted by Crippen LogP contribution is 2.69. The number of rotatable bonds is 4. The summed E-state index contributed by atoms with van der Waals surface area (Å²) < 4.78 is 22.8. The summed E-state index contributed by atoms with van der Waals surface area (Å²) in [6, 6.07) is 6.54. The van der Waals surface area contributed by atoms with Crippen molar-refractivity contribution in [3.63, 3.8) is 0 Å². The Morgan fingerprint density at radius 1 is 1.15 bits per heavy atom. The van der Waals surface area contributed by atoms with Crippen LogP contribution in [0.2, 0.25) is 0 Å². The molecule has 10 heteroatoms. The van der Waals surface area contributed by atoms with Crippen molar-refractivity contribution in [1.82, 2.24) is 5.32 Å². The number of aliphatic hydroxyl groups is 2. The molecular weight excluding hydrogens is 537 g/mol. The van der Waals surface area contributed by atoms with Crippen molar-refractivity contribution in [2.45, 2.75) is 75.0 Å². The molecule has 0 aromatic heterocycles. The van der Waals surface area contributed by atoms with Crippen LogP contribution in [0.1, 0.15) is 51.5 Å². The molecule has 1 aromatic carbocycles. The quantitative estimate of drug-likeness (QED) is 0.371. The highest BCUT2D eigenvalue weighted by Gasteiger charge is 2.72. The van der Waals surface area contributed by atoms with Gasteiger partial charge in [-0.15, -0.1) is 0 Å². The Balaban J connectivity index is 1.19. The number of ketones is 1. The third-order valence-corrected chi connectivity index (χ3v) is 11.1. The molecule has 40 heavy (non-hydrogen) atoms. The molecule has 0 bridgehead atoms. The second-order valence-electron chi connectivity index (χ2n) is 12.5. The number of aliphatic hydroxyl groups excluding tert-OH is 1. The molecule has 3 saturated carbocycles. The fourth-order valence-corrected chi connectivity index (χ4v) is 9.00. The summed E-state index contributed by atoms with van der Waals surface area (Å²) >= 11 is 0.938. The minimum Gasteiger partial charge on any atom is -0.424 e. The van der Waals surface area contributed by atoms with E-state index in [0.29, 0.717) is 24.8 Å². The first-order valence-corrected chi connectivity index (χ1v) is 14.5. The third kappa shape index (κ3) is 4.01. The van der Waals surface area contributed by atoms with Crippen LogP contribution >= 0.6 is 11.8 Å². The summed E-state index contributed by atoms with van der Waals surface area (Å²) in [6.45, 7) is 3.63. The number of thioether (sulfide) groups is 1. The molecule has 8 atom stereocenters. The van der Waals surface area contributed by atoms with Gasteiger partial charge in [0.1, 0.15) is 5.75 Å². The van der Waals surface area contributed by atoms with Crippen LogP contribution in [0.3, 0.4) is 0 Å². The van der Waals surface area contributed by atoms with E-state index in [1.807, 2.05) is 6.92 Å². The van der Waals surface area contributed by atoms with Crippen molar-refractivity contribution in [3.8, 4) is 5.75 Å². The fourth-order valence-electron chi connectivity index (χ4n) is 8.14. The van der Waals surface area contributed by atoms with Crippen LogP contribution in [-0.2, 0) is 20.8 Å². The lowest BCUT2D eigenvalue weighted by atomic mass is 9.46. The predicted molar refractivity (Wildman–Crippen MR) is 144 cm³/mol. The zero-order chi connectivity index (χ0) is 28.7. The maximum Gasteiger partial charge on any atom is 0.343 e. The summed E-state index contributed by atoms with van der Waals surface area (Å²) in [6.07, 6.45) is 4.49. The van der Waals surface area contributed by atoms with Gasteiger partial charge in [0.15, 0.2) is 17.1 Å². The van der Waals surface area contributed by atoms with Gasteiger partial charge in [-0.2, -0.15) is 0 Å². The molecule has 5 aliphatic rings. The van der Waals surface area contributed by atoms with E-state index in [9.17, 15) is 29.4 Å². The average Bonchev–Trinajstić information content (AvgIpc) is 3.35. The van der Waals surface area contributed by atoms with Crippen molar-refractivity contribution >= 4 is 34.7 Å². The van der Waals surface area contributed by atoms with Gasteiger partial charge in [0.2, 0.25) is 5.91 Å². The monoisotopic (exact) mass is 569 g/mol. The molecular formula is C30H32FNO7S. The molecule has 3 N–H and O–H groups in total. The van der Waals surface area contributed by atoms with Crippen LogP contribution < -0.4 is 10.1 Å². The minimum atomic E-state index is -2.04. The Bertz CT molecular complexity index is 1380. The summed E-state index contributed by atoms with van der Waals surface area (Å²) in [7, 11) is 0. The summed E-state index contributed by atoms with van der Waals surface area (Å²) in [5.74, 6) is -2.11. The number of alkyl halides is 1. The fraction of sp³-hybridized carbons (Fsp3) is 0.533. The first-order chi connectivity index (χ1) is 18.8. The van der Waals surface area contributed by atoms with Gasteiger partial charge in [-0.3, -0.25) is 19.7 Å². The molecule has 0 spiro atoms. The maximum atomic E-state index is 17.2. The highest BCUT2D eigenvalue weighted by atomic mass is 32.2. The van der Waals surface area contributed by atoms with Gasteiger partial charge in [0, 0.05) is 11.3 Å². The van der Waals surface area contributed by atoms with E-state index in [0.717, 1.165) is 17.3 Å². The number of fused-ring (bicyclic) bond motifs is 5. The number of halogens is 1. The van der Waals surface area contributed by atoms with E-state index < -0.39 is 45.3 Å². The van der Waals surface area contributed by atoms with Gasteiger partial charge >= 0.3 is 5.97 Å². The van der Waals surface area contributed by atoms with Gasteiger partial charge in [-0.05, 0) is 86.6 Å². The number of carbonyl (C=O) groups excluding carboxylic acids is 4. The molecule has 6 rings (SSSR count). The third-order valence-electron chi connectivity index (χ3n) is 10.1. The largest absolute Gasteiger partial charge is 0.424 e. The smallest absolute Gasteiger partial charge is 0.343 e. The van der Waals surface area contributed by atoms with E-state index in [1.165, 1.54) is 12.2 Å². The van der Waals surface area contributed by atoms with E-state index in [2.05, 4.69) is 5.32 Å². The van der Waals surface area contributed by atoms with E-state index in [1.54, 1.807) is 37.3 Å². The summed E-state index contributed by atoms with van der Waals surface area (Å²) in [5, 5.41) is 24.2.